The average Bonchev–Trinajstić information content (AvgIpc) is 2.89. The summed E-state index contributed by atoms with van der Waals surface area (Å²) in [7, 11) is 0. The van der Waals surface area contributed by atoms with Crippen LogP contribution in [-0.2, 0) is 11.2 Å². The molecule has 114 valence electrons. The predicted molar refractivity (Wildman–Crippen MR) is 71.8 cm³/mol. The maximum atomic E-state index is 13.2. The van der Waals surface area contributed by atoms with Crippen LogP contribution in [0, 0.1) is 11.8 Å². The topological polar surface area (TPSA) is 33.2 Å². The van der Waals surface area contributed by atoms with Crippen LogP contribution in [0.4, 0.5) is 18.9 Å². The van der Waals surface area contributed by atoms with E-state index in [0.717, 1.165) is 11.3 Å². The molecule has 0 spiro atoms. The third kappa shape index (κ3) is 2.63. The van der Waals surface area contributed by atoms with Crippen LogP contribution in [0.5, 0.6) is 0 Å². The van der Waals surface area contributed by atoms with E-state index >= 15 is 0 Å². The van der Waals surface area contributed by atoms with Crippen LogP contribution in [0.15, 0.2) is 18.5 Å². The molecule has 1 aliphatic heterocycles. The first-order valence-electron chi connectivity index (χ1n) is 7.29. The van der Waals surface area contributed by atoms with Crippen molar-refractivity contribution in [3.8, 4) is 0 Å². The van der Waals surface area contributed by atoms with Crippen molar-refractivity contribution in [2.75, 3.05) is 11.4 Å². The molecule has 2 heterocycles. The van der Waals surface area contributed by atoms with Gasteiger partial charge in [0, 0.05) is 30.5 Å². The lowest BCUT2D eigenvalue weighted by Gasteiger charge is -2.34. The van der Waals surface area contributed by atoms with Crippen molar-refractivity contribution >= 4 is 11.6 Å². The molecule has 1 amide bonds. The summed E-state index contributed by atoms with van der Waals surface area (Å²) in [4.78, 5) is 18.1. The number of fused-ring (bicyclic) bond motifs is 1. The Hall–Kier alpha value is -1.59. The first-order valence-corrected chi connectivity index (χ1v) is 7.29. The molecule has 1 saturated carbocycles. The summed E-state index contributed by atoms with van der Waals surface area (Å²) in [6.07, 6.45) is 1.28. The fourth-order valence-corrected chi connectivity index (χ4v) is 3.48. The number of rotatable bonds is 1. The molecule has 0 N–H and O–H groups in total. The number of nitrogens with zero attached hydrogens (tertiary/aromatic N) is 2. The van der Waals surface area contributed by atoms with Crippen LogP contribution in [0.3, 0.4) is 0 Å². The molecule has 21 heavy (non-hydrogen) atoms. The fourth-order valence-electron chi connectivity index (χ4n) is 3.48. The van der Waals surface area contributed by atoms with Gasteiger partial charge in [0.15, 0.2) is 0 Å². The normalized spacial score (nSPS) is 25.8. The van der Waals surface area contributed by atoms with Gasteiger partial charge >= 0.3 is 6.18 Å². The van der Waals surface area contributed by atoms with Crippen molar-refractivity contribution in [2.45, 2.75) is 38.3 Å². The summed E-state index contributed by atoms with van der Waals surface area (Å²) < 4.78 is 39.5. The van der Waals surface area contributed by atoms with Gasteiger partial charge in [0.25, 0.3) is 0 Å². The lowest BCUT2D eigenvalue weighted by Crippen LogP contribution is -2.44. The fraction of sp³-hybridized carbons (Fsp3) is 0.600. The first kappa shape index (κ1) is 14.4. The van der Waals surface area contributed by atoms with Gasteiger partial charge in [-0.3, -0.25) is 9.78 Å². The Morgan fingerprint density at radius 3 is 2.81 bits per heavy atom. The number of halogens is 3. The van der Waals surface area contributed by atoms with Gasteiger partial charge < -0.3 is 4.90 Å². The van der Waals surface area contributed by atoms with Crippen LogP contribution in [0.1, 0.15) is 31.2 Å². The van der Waals surface area contributed by atoms with E-state index in [1.165, 1.54) is 4.90 Å². The first-order chi connectivity index (χ1) is 9.98. The van der Waals surface area contributed by atoms with E-state index in [1.54, 1.807) is 18.5 Å². The summed E-state index contributed by atoms with van der Waals surface area (Å²) >= 11 is 0. The number of hydrogen-bond acceptors (Lipinski definition) is 2. The summed E-state index contributed by atoms with van der Waals surface area (Å²) in [6.45, 7) is 0.459. The summed E-state index contributed by atoms with van der Waals surface area (Å²) in [5.74, 6) is -2.80. The van der Waals surface area contributed by atoms with Gasteiger partial charge in [-0.05, 0) is 30.9 Å². The highest BCUT2D eigenvalue weighted by atomic mass is 19.4. The maximum Gasteiger partial charge on any atom is 0.392 e. The zero-order valence-electron chi connectivity index (χ0n) is 11.6. The number of carbonyl (C=O) groups is 1. The SMILES string of the molecule is O=C(C1CCCCC1C(F)(F)F)N1CCc2cnccc21. The van der Waals surface area contributed by atoms with E-state index in [2.05, 4.69) is 4.98 Å². The summed E-state index contributed by atoms with van der Waals surface area (Å²) in [5.41, 5.74) is 1.66. The second-order valence-electron chi connectivity index (χ2n) is 5.78. The minimum Gasteiger partial charge on any atom is -0.311 e. The van der Waals surface area contributed by atoms with E-state index in [-0.39, 0.29) is 12.3 Å². The minimum atomic E-state index is -4.29. The molecule has 3 nitrogen and oxygen atoms in total. The van der Waals surface area contributed by atoms with Crippen LogP contribution >= 0.6 is 0 Å². The zero-order chi connectivity index (χ0) is 15.0. The van der Waals surface area contributed by atoms with Gasteiger partial charge in [0.1, 0.15) is 0 Å². The third-order valence-corrected chi connectivity index (χ3v) is 4.54. The van der Waals surface area contributed by atoms with Crippen molar-refractivity contribution < 1.29 is 18.0 Å². The highest BCUT2D eigenvalue weighted by Crippen LogP contribution is 2.43. The molecule has 2 atom stereocenters. The predicted octanol–water partition coefficient (Wildman–Crippen LogP) is 3.34. The van der Waals surface area contributed by atoms with Crippen molar-refractivity contribution in [2.24, 2.45) is 11.8 Å². The molecule has 2 unspecified atom stereocenters. The number of hydrogen-bond donors (Lipinski definition) is 0. The molecule has 3 rings (SSSR count). The number of anilines is 1. The molecular formula is C15H17F3N2O. The molecule has 0 aromatic carbocycles. The van der Waals surface area contributed by atoms with Gasteiger partial charge in [-0.1, -0.05) is 12.8 Å². The zero-order valence-corrected chi connectivity index (χ0v) is 11.6. The van der Waals surface area contributed by atoms with E-state index in [4.69, 9.17) is 0 Å². The lowest BCUT2D eigenvalue weighted by atomic mass is 9.78. The maximum absolute atomic E-state index is 13.2. The molecule has 6 heteroatoms. The Labute approximate surface area is 121 Å². The van der Waals surface area contributed by atoms with E-state index in [1.807, 2.05) is 0 Å². The number of pyridine rings is 1. The molecule has 1 aromatic heterocycles. The second-order valence-corrected chi connectivity index (χ2v) is 5.78. The molecule has 1 aromatic rings. The monoisotopic (exact) mass is 298 g/mol. The molecule has 2 aliphatic rings. The smallest absolute Gasteiger partial charge is 0.311 e. The van der Waals surface area contributed by atoms with Crippen LogP contribution in [-0.4, -0.2) is 23.6 Å². The average molecular weight is 298 g/mol. The molecule has 1 aliphatic carbocycles. The van der Waals surface area contributed by atoms with Crippen LogP contribution in [0.25, 0.3) is 0 Å². The van der Waals surface area contributed by atoms with Gasteiger partial charge in [-0.15, -0.1) is 0 Å². The lowest BCUT2D eigenvalue weighted by molar-refractivity contribution is -0.197. The van der Waals surface area contributed by atoms with E-state index in [9.17, 15) is 18.0 Å². The minimum absolute atomic E-state index is 0.0664. The Morgan fingerprint density at radius 2 is 2.05 bits per heavy atom. The quantitative estimate of drug-likeness (QED) is 0.796. The molecule has 0 bridgehead atoms. The van der Waals surface area contributed by atoms with Gasteiger partial charge in [-0.25, -0.2) is 0 Å². The Kier molecular flexibility index (Phi) is 3.63. The Morgan fingerprint density at radius 1 is 1.29 bits per heavy atom. The highest BCUT2D eigenvalue weighted by molar-refractivity contribution is 5.97. The van der Waals surface area contributed by atoms with Crippen molar-refractivity contribution in [3.05, 3.63) is 24.0 Å². The van der Waals surface area contributed by atoms with Crippen molar-refractivity contribution in [1.29, 1.82) is 0 Å². The van der Waals surface area contributed by atoms with Crippen molar-refractivity contribution in [3.63, 3.8) is 0 Å². The number of carbonyl (C=O) groups excluding carboxylic acids is 1. The standard InChI is InChI=1S/C15H17F3N2O/c16-15(17,18)12-4-2-1-3-11(12)14(21)20-8-6-10-9-19-7-5-13(10)20/h5,7,9,11-12H,1-4,6,8H2. The van der Waals surface area contributed by atoms with E-state index in [0.29, 0.717) is 32.2 Å². The van der Waals surface area contributed by atoms with Gasteiger partial charge in [-0.2, -0.15) is 13.2 Å². The molecule has 1 fully saturated rings. The summed E-state index contributed by atoms with van der Waals surface area (Å²) in [6, 6.07) is 1.71. The summed E-state index contributed by atoms with van der Waals surface area (Å²) in [5, 5.41) is 0. The largest absolute Gasteiger partial charge is 0.392 e. The number of amides is 1. The van der Waals surface area contributed by atoms with Gasteiger partial charge in [0.05, 0.1) is 5.92 Å². The van der Waals surface area contributed by atoms with Crippen LogP contribution in [0.2, 0.25) is 0 Å². The number of aromatic nitrogens is 1. The number of alkyl halides is 3. The second kappa shape index (κ2) is 5.31. The molecule has 0 radical (unpaired) electrons. The Bertz CT molecular complexity index is 544. The third-order valence-electron chi connectivity index (χ3n) is 4.54. The highest BCUT2D eigenvalue weighted by Gasteiger charge is 2.49. The molecular weight excluding hydrogens is 281 g/mol. The Balaban J connectivity index is 1.84. The van der Waals surface area contributed by atoms with Gasteiger partial charge in [0.2, 0.25) is 5.91 Å². The van der Waals surface area contributed by atoms with Crippen molar-refractivity contribution in [1.82, 2.24) is 4.98 Å². The van der Waals surface area contributed by atoms with Crippen LogP contribution < -0.4 is 4.90 Å². The van der Waals surface area contributed by atoms with E-state index < -0.39 is 18.0 Å². The molecule has 0 saturated heterocycles.